The van der Waals surface area contributed by atoms with Crippen molar-refractivity contribution in [2.75, 3.05) is 11.4 Å². The second kappa shape index (κ2) is 10.1. The van der Waals surface area contributed by atoms with Gasteiger partial charge in [0.15, 0.2) is 0 Å². The quantitative estimate of drug-likeness (QED) is 0.342. The summed E-state index contributed by atoms with van der Waals surface area (Å²) in [6.07, 6.45) is 0. The van der Waals surface area contributed by atoms with E-state index in [1.54, 1.807) is 29.2 Å². The van der Waals surface area contributed by atoms with E-state index in [1.165, 1.54) is 4.90 Å². The van der Waals surface area contributed by atoms with Gasteiger partial charge in [-0.3, -0.25) is 14.5 Å². The molecule has 5 rings (SSSR count). The number of fused-ring (bicyclic) bond motifs is 1. The summed E-state index contributed by atoms with van der Waals surface area (Å²) in [6, 6.07) is 10.9. The lowest BCUT2D eigenvalue weighted by atomic mass is 10.1. The molecule has 13 heteroatoms. The molecule has 1 saturated heterocycles. The molecule has 7 nitrogen and oxygen atoms in total. The second-order valence-corrected chi connectivity index (χ2v) is 11.3. The van der Waals surface area contributed by atoms with E-state index in [0.717, 1.165) is 29.0 Å². The molecule has 38 heavy (non-hydrogen) atoms. The summed E-state index contributed by atoms with van der Waals surface area (Å²) in [5.74, 6) is -0.661. The van der Waals surface area contributed by atoms with E-state index < -0.39 is 22.5 Å². The summed E-state index contributed by atoms with van der Waals surface area (Å²) < 4.78 is 27.9. The minimum Gasteiger partial charge on any atom is -0.336 e. The Morgan fingerprint density at radius 3 is 2.39 bits per heavy atom. The molecule has 1 atom stereocenters. The molecule has 0 aliphatic carbocycles. The number of pyridine rings is 1. The number of anilines is 1. The number of urea groups is 1. The number of nitrogens with zero attached hydrogens (tertiary/aromatic N) is 2. The number of hydrogen-bond donors (Lipinski definition) is 2. The fraction of sp³-hybridized carbons (Fsp3) is 0.240. The Balaban J connectivity index is 1.50. The first-order valence-electron chi connectivity index (χ1n) is 11.4. The molecule has 2 aromatic carbocycles. The third-order valence-electron chi connectivity index (χ3n) is 6.33. The molecule has 0 radical (unpaired) electrons. The Kier molecular flexibility index (Phi) is 7.10. The molecular formula is C25H19Cl3F2N4O3S. The van der Waals surface area contributed by atoms with Crippen LogP contribution in [0.1, 0.15) is 34.1 Å². The van der Waals surface area contributed by atoms with E-state index in [1.807, 2.05) is 24.0 Å². The summed E-state index contributed by atoms with van der Waals surface area (Å²) in [7, 11) is 0. The zero-order valence-corrected chi connectivity index (χ0v) is 22.7. The third kappa shape index (κ3) is 4.98. The van der Waals surface area contributed by atoms with E-state index in [9.17, 15) is 23.2 Å². The lowest BCUT2D eigenvalue weighted by Crippen LogP contribution is -2.33. The summed E-state index contributed by atoms with van der Waals surface area (Å²) in [6.45, 7) is 2.80. The molecule has 2 aliphatic heterocycles. The number of rotatable bonds is 5. The SMILES string of the molecule is CC1CNC(=O)N1c1ccc2c(c1)CN(C(=O)c1c(Sc3c(Cl)cccc3Cl)cc(C(F)(F)Cl)[nH]c1=O)C2. The molecule has 2 N–H and O–H groups in total. The second-order valence-electron chi connectivity index (χ2n) is 8.92. The van der Waals surface area contributed by atoms with Crippen LogP contribution in [0.25, 0.3) is 0 Å². The molecule has 0 bridgehead atoms. The van der Waals surface area contributed by atoms with Crippen molar-refractivity contribution < 1.29 is 18.4 Å². The number of halogens is 5. The van der Waals surface area contributed by atoms with Gasteiger partial charge in [-0.2, -0.15) is 8.78 Å². The molecule has 0 saturated carbocycles. The number of carbonyl (C=O) groups is 2. The summed E-state index contributed by atoms with van der Waals surface area (Å²) in [5, 5.41) is -0.638. The molecule has 0 spiro atoms. The molecule has 3 heterocycles. The summed E-state index contributed by atoms with van der Waals surface area (Å²) >= 11 is 18.5. The Bertz CT molecular complexity index is 1510. The van der Waals surface area contributed by atoms with E-state index in [4.69, 9.17) is 34.8 Å². The van der Waals surface area contributed by atoms with Crippen molar-refractivity contribution in [3.63, 3.8) is 0 Å². The number of benzene rings is 2. The van der Waals surface area contributed by atoms with Gasteiger partial charge >= 0.3 is 11.4 Å². The smallest absolute Gasteiger partial charge is 0.336 e. The van der Waals surface area contributed by atoms with Crippen LogP contribution in [0, 0.1) is 0 Å². The maximum absolute atomic E-state index is 14.0. The van der Waals surface area contributed by atoms with Gasteiger partial charge in [0.25, 0.3) is 11.5 Å². The Labute approximate surface area is 235 Å². The number of alkyl halides is 3. The van der Waals surface area contributed by atoms with Gasteiger partial charge in [0.05, 0.1) is 16.1 Å². The van der Waals surface area contributed by atoms with Crippen molar-refractivity contribution in [3.05, 3.63) is 85.2 Å². The molecular weight excluding hydrogens is 581 g/mol. The fourth-order valence-electron chi connectivity index (χ4n) is 4.48. The molecule has 3 aromatic rings. The highest BCUT2D eigenvalue weighted by Gasteiger charge is 2.35. The predicted molar refractivity (Wildman–Crippen MR) is 143 cm³/mol. The predicted octanol–water partition coefficient (Wildman–Crippen LogP) is 6.20. The number of aromatic nitrogens is 1. The first kappa shape index (κ1) is 26.8. The average molecular weight is 600 g/mol. The third-order valence-corrected chi connectivity index (χ3v) is 8.58. The largest absolute Gasteiger partial charge is 0.362 e. The number of amides is 3. The van der Waals surface area contributed by atoms with Crippen LogP contribution in [0.4, 0.5) is 19.3 Å². The molecule has 1 aromatic heterocycles. The number of H-pyrrole nitrogens is 1. The highest BCUT2D eigenvalue weighted by atomic mass is 35.5. The van der Waals surface area contributed by atoms with Crippen LogP contribution in [0.3, 0.4) is 0 Å². The van der Waals surface area contributed by atoms with E-state index in [-0.39, 0.29) is 45.7 Å². The highest BCUT2D eigenvalue weighted by Crippen LogP contribution is 2.42. The Hall–Kier alpha value is -2.79. The van der Waals surface area contributed by atoms with Crippen LogP contribution in [0.2, 0.25) is 10.0 Å². The van der Waals surface area contributed by atoms with Crippen molar-refractivity contribution in [2.24, 2.45) is 0 Å². The van der Waals surface area contributed by atoms with E-state index in [0.29, 0.717) is 17.1 Å². The summed E-state index contributed by atoms with van der Waals surface area (Å²) in [5.41, 5.74) is 0.133. The number of nitrogens with one attached hydrogen (secondary N) is 2. The van der Waals surface area contributed by atoms with Gasteiger partial charge in [0.1, 0.15) is 11.3 Å². The highest BCUT2D eigenvalue weighted by molar-refractivity contribution is 7.99. The zero-order chi connectivity index (χ0) is 27.4. The van der Waals surface area contributed by atoms with Crippen LogP contribution in [-0.4, -0.2) is 34.4 Å². The minimum atomic E-state index is -3.88. The lowest BCUT2D eigenvalue weighted by molar-refractivity contribution is 0.0740. The van der Waals surface area contributed by atoms with Crippen LogP contribution in [0.15, 0.2) is 57.1 Å². The minimum absolute atomic E-state index is 0.0342. The van der Waals surface area contributed by atoms with Crippen LogP contribution in [0.5, 0.6) is 0 Å². The number of aromatic amines is 1. The average Bonchev–Trinajstić information content (AvgIpc) is 3.42. The first-order valence-corrected chi connectivity index (χ1v) is 13.3. The molecule has 3 amide bonds. The van der Waals surface area contributed by atoms with Gasteiger partial charge in [0.2, 0.25) is 0 Å². The van der Waals surface area contributed by atoms with Crippen molar-refractivity contribution in [3.8, 4) is 0 Å². The van der Waals surface area contributed by atoms with Gasteiger partial charge in [-0.05, 0) is 60.0 Å². The number of hydrogen-bond acceptors (Lipinski definition) is 4. The van der Waals surface area contributed by atoms with Crippen molar-refractivity contribution in [1.82, 2.24) is 15.2 Å². The van der Waals surface area contributed by atoms with Gasteiger partial charge in [0, 0.05) is 35.1 Å². The zero-order valence-electron chi connectivity index (χ0n) is 19.7. The van der Waals surface area contributed by atoms with Crippen molar-refractivity contribution in [1.29, 1.82) is 0 Å². The standard InChI is InChI=1S/C25H19Cl3F2N4O3S/c1-12-9-31-24(37)34(12)15-6-5-13-10-33(11-14(13)7-15)23(36)20-18(8-19(25(28,29)30)32-22(20)35)38-21-16(26)3-2-4-17(21)27/h2-8,12H,9-11H2,1H3,(H,31,37)(H,32,35). The Morgan fingerprint density at radius 1 is 1.08 bits per heavy atom. The number of carbonyl (C=O) groups excluding carboxylic acids is 2. The summed E-state index contributed by atoms with van der Waals surface area (Å²) in [4.78, 5) is 44.3. The topological polar surface area (TPSA) is 85.5 Å². The van der Waals surface area contributed by atoms with Crippen LogP contribution < -0.4 is 15.8 Å². The maximum atomic E-state index is 14.0. The van der Waals surface area contributed by atoms with E-state index >= 15 is 0 Å². The molecule has 2 aliphatic rings. The first-order chi connectivity index (χ1) is 17.9. The lowest BCUT2D eigenvalue weighted by Gasteiger charge is -2.20. The Morgan fingerprint density at radius 2 is 1.76 bits per heavy atom. The van der Waals surface area contributed by atoms with Crippen molar-refractivity contribution in [2.45, 2.75) is 41.2 Å². The van der Waals surface area contributed by atoms with Gasteiger partial charge in [-0.25, -0.2) is 4.79 Å². The van der Waals surface area contributed by atoms with Crippen LogP contribution >= 0.6 is 46.6 Å². The monoisotopic (exact) mass is 598 g/mol. The maximum Gasteiger partial charge on any atom is 0.362 e. The van der Waals surface area contributed by atoms with Crippen molar-refractivity contribution >= 4 is 64.2 Å². The van der Waals surface area contributed by atoms with Gasteiger partial charge < -0.3 is 15.2 Å². The normalized spacial score (nSPS) is 17.1. The van der Waals surface area contributed by atoms with Crippen LogP contribution in [-0.2, 0) is 18.5 Å². The van der Waals surface area contributed by atoms with Gasteiger partial charge in [-0.15, -0.1) is 0 Å². The van der Waals surface area contributed by atoms with E-state index in [2.05, 4.69) is 5.32 Å². The molecule has 1 fully saturated rings. The molecule has 1 unspecified atom stereocenters. The fourth-order valence-corrected chi connectivity index (χ4v) is 6.22. The van der Waals surface area contributed by atoms with Gasteiger partial charge in [-0.1, -0.05) is 47.1 Å². The molecule has 198 valence electrons.